The van der Waals surface area contributed by atoms with Crippen LogP contribution in [-0.4, -0.2) is 11.3 Å². The molecule has 0 radical (unpaired) electrons. The van der Waals surface area contributed by atoms with Gasteiger partial charge in [-0.2, -0.15) is 5.26 Å². The average Bonchev–Trinajstić information content (AvgIpc) is 2.60. The highest BCUT2D eigenvalue weighted by molar-refractivity contribution is 5.85. The summed E-state index contributed by atoms with van der Waals surface area (Å²) in [6.07, 6.45) is -4.81. The number of alkyl halides is 3. The summed E-state index contributed by atoms with van der Waals surface area (Å²) in [6.45, 7) is 0.119. The summed E-state index contributed by atoms with van der Waals surface area (Å²) in [5.74, 6) is -0.300. The van der Waals surface area contributed by atoms with Crippen molar-refractivity contribution in [3.05, 3.63) is 69.5 Å². The minimum atomic E-state index is -4.81. The third-order valence-electron chi connectivity index (χ3n) is 3.94. The summed E-state index contributed by atoms with van der Waals surface area (Å²) in [4.78, 5) is 11.9. The molecule has 2 aromatic rings. The van der Waals surface area contributed by atoms with Crippen molar-refractivity contribution in [1.29, 1.82) is 5.26 Å². The van der Waals surface area contributed by atoms with Crippen LogP contribution in [0.25, 0.3) is 5.57 Å². The zero-order chi connectivity index (χ0) is 19.8. The fourth-order valence-electron chi connectivity index (χ4n) is 2.77. The van der Waals surface area contributed by atoms with Gasteiger partial charge < -0.3 is 15.4 Å². The molecule has 2 N–H and O–H groups in total. The van der Waals surface area contributed by atoms with Gasteiger partial charge in [-0.3, -0.25) is 10.1 Å². The molecule has 1 heterocycles. The van der Waals surface area contributed by atoms with Crippen molar-refractivity contribution in [2.75, 3.05) is 4.90 Å². The number of ether oxygens (including phenoxy) is 1. The van der Waals surface area contributed by atoms with Gasteiger partial charge in [-0.25, -0.2) is 0 Å². The minimum Gasteiger partial charge on any atom is -0.406 e. The quantitative estimate of drug-likeness (QED) is 0.647. The molecule has 0 amide bonds. The number of allylic oxidation sites excluding steroid dienone is 1. The van der Waals surface area contributed by atoms with E-state index in [2.05, 4.69) is 4.74 Å². The third-order valence-corrected chi connectivity index (χ3v) is 3.94. The molecular formula is C17H11F3N4O3. The van der Waals surface area contributed by atoms with Crippen molar-refractivity contribution in [2.45, 2.75) is 12.9 Å². The molecule has 0 saturated carbocycles. The van der Waals surface area contributed by atoms with E-state index in [1.54, 1.807) is 0 Å². The topological polar surface area (TPSA) is 105 Å². The molecule has 0 unspecified atom stereocenters. The molecule has 0 aliphatic carbocycles. The lowest BCUT2D eigenvalue weighted by Gasteiger charge is -2.31. The number of nitro benzene ring substituents is 1. The first kappa shape index (κ1) is 18.1. The lowest BCUT2D eigenvalue weighted by molar-refractivity contribution is -0.384. The van der Waals surface area contributed by atoms with E-state index in [-0.39, 0.29) is 23.6 Å². The van der Waals surface area contributed by atoms with E-state index in [0.29, 0.717) is 16.8 Å². The number of hydrogen-bond acceptors (Lipinski definition) is 6. The van der Waals surface area contributed by atoms with Gasteiger partial charge in [0.15, 0.2) is 0 Å². The number of nitrogens with two attached hydrogens (primary N) is 1. The SMILES string of the molecule is N#CC1=C(N)N(c2ccc(OC(F)(F)F)cc2)Cc2cc([N+](=O)[O-])ccc21. The summed E-state index contributed by atoms with van der Waals surface area (Å²) in [5, 5.41) is 20.4. The van der Waals surface area contributed by atoms with Crippen molar-refractivity contribution in [3.63, 3.8) is 0 Å². The van der Waals surface area contributed by atoms with Gasteiger partial charge in [0.2, 0.25) is 0 Å². The van der Waals surface area contributed by atoms with Gasteiger partial charge in [0, 0.05) is 23.4 Å². The fourth-order valence-corrected chi connectivity index (χ4v) is 2.77. The van der Waals surface area contributed by atoms with Gasteiger partial charge in [-0.05, 0) is 35.9 Å². The summed E-state index contributed by atoms with van der Waals surface area (Å²) in [6, 6.07) is 11.0. The summed E-state index contributed by atoms with van der Waals surface area (Å²) >= 11 is 0. The normalized spacial score (nSPS) is 13.8. The molecule has 2 aromatic carbocycles. The van der Waals surface area contributed by atoms with Gasteiger partial charge in [-0.15, -0.1) is 13.2 Å². The average molecular weight is 376 g/mol. The zero-order valence-electron chi connectivity index (χ0n) is 13.5. The van der Waals surface area contributed by atoms with Crippen molar-refractivity contribution in [2.24, 2.45) is 5.73 Å². The molecule has 0 saturated heterocycles. The highest BCUT2D eigenvalue weighted by Crippen LogP contribution is 2.35. The highest BCUT2D eigenvalue weighted by Gasteiger charge is 2.31. The maximum Gasteiger partial charge on any atom is 0.573 e. The van der Waals surface area contributed by atoms with Crippen molar-refractivity contribution < 1.29 is 22.8 Å². The predicted octanol–water partition coefficient (Wildman–Crippen LogP) is 3.66. The zero-order valence-corrected chi connectivity index (χ0v) is 13.5. The molecule has 27 heavy (non-hydrogen) atoms. The Morgan fingerprint density at radius 1 is 1.22 bits per heavy atom. The van der Waals surface area contributed by atoms with Crippen LogP contribution < -0.4 is 15.4 Å². The molecule has 1 aliphatic rings. The molecule has 3 rings (SSSR count). The number of nitriles is 1. The second-order valence-electron chi connectivity index (χ2n) is 5.60. The Bertz CT molecular complexity index is 978. The number of nitro groups is 1. The maximum atomic E-state index is 12.3. The number of benzene rings is 2. The molecule has 10 heteroatoms. The van der Waals surface area contributed by atoms with Crippen LogP contribution in [0.15, 0.2) is 48.3 Å². The van der Waals surface area contributed by atoms with Gasteiger partial charge in [0.1, 0.15) is 17.6 Å². The number of rotatable bonds is 3. The van der Waals surface area contributed by atoms with E-state index < -0.39 is 17.0 Å². The predicted molar refractivity (Wildman–Crippen MR) is 89.1 cm³/mol. The van der Waals surface area contributed by atoms with E-state index in [9.17, 15) is 28.5 Å². The van der Waals surface area contributed by atoms with Crippen molar-refractivity contribution in [3.8, 4) is 11.8 Å². The minimum absolute atomic E-state index is 0.100. The van der Waals surface area contributed by atoms with E-state index in [1.165, 1.54) is 35.2 Å². The summed E-state index contributed by atoms with van der Waals surface area (Å²) in [7, 11) is 0. The first-order valence-electron chi connectivity index (χ1n) is 7.50. The first-order chi connectivity index (χ1) is 12.7. The first-order valence-corrected chi connectivity index (χ1v) is 7.50. The molecule has 1 aliphatic heterocycles. The number of nitrogens with zero attached hydrogens (tertiary/aromatic N) is 3. The molecule has 138 valence electrons. The van der Waals surface area contributed by atoms with Gasteiger partial charge in [0.25, 0.3) is 5.69 Å². The van der Waals surface area contributed by atoms with Crippen LogP contribution in [0.5, 0.6) is 5.75 Å². The Morgan fingerprint density at radius 3 is 2.44 bits per heavy atom. The Balaban J connectivity index is 1.99. The smallest absolute Gasteiger partial charge is 0.406 e. The summed E-state index contributed by atoms with van der Waals surface area (Å²) < 4.78 is 40.6. The van der Waals surface area contributed by atoms with Crippen LogP contribution in [0, 0.1) is 21.4 Å². The lowest BCUT2D eigenvalue weighted by atomic mass is 9.95. The van der Waals surface area contributed by atoms with E-state index >= 15 is 0 Å². The maximum absolute atomic E-state index is 12.3. The fraction of sp³-hybridized carbons (Fsp3) is 0.118. The summed E-state index contributed by atoms with van der Waals surface area (Å²) in [5.41, 5.74) is 7.44. The second kappa shape index (κ2) is 6.53. The second-order valence-corrected chi connectivity index (χ2v) is 5.60. The molecule has 0 spiro atoms. The van der Waals surface area contributed by atoms with Crippen LogP contribution in [0.3, 0.4) is 0 Å². The monoisotopic (exact) mass is 376 g/mol. The van der Waals surface area contributed by atoms with E-state index in [4.69, 9.17) is 5.73 Å². The number of anilines is 1. The number of non-ortho nitro benzene ring substituents is 1. The third kappa shape index (κ3) is 3.62. The van der Waals surface area contributed by atoms with Crippen LogP contribution >= 0.6 is 0 Å². The van der Waals surface area contributed by atoms with Gasteiger partial charge >= 0.3 is 6.36 Å². The molecule has 0 aromatic heterocycles. The molecule has 0 fully saturated rings. The van der Waals surface area contributed by atoms with Crippen LogP contribution in [0.1, 0.15) is 11.1 Å². The van der Waals surface area contributed by atoms with E-state index in [0.717, 1.165) is 12.1 Å². The standard InChI is InChI=1S/C17H11F3N4O3/c18-17(19,20)27-13-4-1-11(2-5-13)23-9-10-7-12(24(25)26)3-6-14(10)15(8-21)16(23)22/h1-7H,9,22H2. The van der Waals surface area contributed by atoms with Crippen LogP contribution in [0.2, 0.25) is 0 Å². The van der Waals surface area contributed by atoms with Crippen molar-refractivity contribution in [1.82, 2.24) is 0 Å². The van der Waals surface area contributed by atoms with Crippen LogP contribution in [0.4, 0.5) is 24.5 Å². The lowest BCUT2D eigenvalue weighted by Crippen LogP contribution is -2.32. The Hall–Kier alpha value is -3.74. The Labute approximate surface area is 150 Å². The largest absolute Gasteiger partial charge is 0.573 e. The Kier molecular flexibility index (Phi) is 4.37. The number of halogens is 3. The highest BCUT2D eigenvalue weighted by atomic mass is 19.4. The number of fused-ring (bicyclic) bond motifs is 1. The van der Waals surface area contributed by atoms with Gasteiger partial charge in [0.05, 0.1) is 17.0 Å². The molecular weight excluding hydrogens is 365 g/mol. The molecule has 0 bridgehead atoms. The van der Waals surface area contributed by atoms with Crippen molar-refractivity contribution >= 4 is 16.9 Å². The number of hydrogen-bond donors (Lipinski definition) is 1. The van der Waals surface area contributed by atoms with Crippen LogP contribution in [-0.2, 0) is 6.54 Å². The van der Waals surface area contributed by atoms with Gasteiger partial charge in [-0.1, -0.05) is 0 Å². The molecule has 0 atom stereocenters. The van der Waals surface area contributed by atoms with E-state index in [1.807, 2.05) is 6.07 Å². The Morgan fingerprint density at radius 2 is 1.89 bits per heavy atom. The molecule has 7 nitrogen and oxygen atoms in total.